The smallest absolute Gasteiger partial charge is 0.175 e. The second-order valence-electron chi connectivity index (χ2n) is 5.12. The number of aromatic nitrogens is 2. The number of hydrogen-bond donors (Lipinski definition) is 2. The summed E-state index contributed by atoms with van der Waals surface area (Å²) in [6.07, 6.45) is 3.65. The van der Waals surface area contributed by atoms with Crippen LogP contribution in [0.15, 0.2) is 65.4 Å². The number of nitrogens with zero attached hydrogens (tertiary/aromatic N) is 2. The zero-order valence-electron chi connectivity index (χ0n) is 12.5. The quantitative estimate of drug-likeness (QED) is 0.621. The van der Waals surface area contributed by atoms with E-state index in [0.717, 1.165) is 15.7 Å². The molecule has 0 spiro atoms. The normalized spacial score (nSPS) is 10.4. The predicted molar refractivity (Wildman–Crippen MR) is 102 cm³/mol. The molecule has 122 valence electrons. The van der Waals surface area contributed by atoms with Crippen LogP contribution in [0.25, 0.3) is 0 Å². The van der Waals surface area contributed by atoms with Crippen LogP contribution in [0, 0.1) is 5.82 Å². The molecule has 0 atom stereocenters. The van der Waals surface area contributed by atoms with Gasteiger partial charge in [-0.2, -0.15) is 5.10 Å². The molecule has 2 aromatic carbocycles. The molecule has 1 aromatic heterocycles. The fraction of sp³-hybridized carbons (Fsp3) is 0.0588. The van der Waals surface area contributed by atoms with Crippen LogP contribution in [0.5, 0.6) is 0 Å². The van der Waals surface area contributed by atoms with Crippen molar-refractivity contribution in [3.8, 4) is 0 Å². The van der Waals surface area contributed by atoms with Gasteiger partial charge in [-0.05, 0) is 58.0 Å². The lowest BCUT2D eigenvalue weighted by Gasteiger charge is -2.12. The van der Waals surface area contributed by atoms with E-state index >= 15 is 0 Å². The largest absolute Gasteiger partial charge is 0.332 e. The molecule has 0 bridgehead atoms. The van der Waals surface area contributed by atoms with Crippen molar-refractivity contribution in [2.45, 2.75) is 6.54 Å². The topological polar surface area (TPSA) is 41.9 Å². The van der Waals surface area contributed by atoms with Crippen molar-refractivity contribution < 1.29 is 4.39 Å². The highest BCUT2D eigenvalue weighted by molar-refractivity contribution is 9.10. The maximum absolute atomic E-state index is 13.6. The van der Waals surface area contributed by atoms with Gasteiger partial charge in [0.15, 0.2) is 5.11 Å². The maximum Gasteiger partial charge on any atom is 0.175 e. The van der Waals surface area contributed by atoms with E-state index in [-0.39, 0.29) is 5.82 Å². The van der Waals surface area contributed by atoms with E-state index in [0.29, 0.717) is 17.3 Å². The van der Waals surface area contributed by atoms with Gasteiger partial charge in [-0.25, -0.2) is 4.39 Å². The number of nitrogens with one attached hydrogen (secondary N) is 2. The minimum absolute atomic E-state index is 0.332. The average Bonchev–Trinajstić information content (AvgIpc) is 2.95. The van der Waals surface area contributed by atoms with E-state index in [1.54, 1.807) is 24.4 Å². The van der Waals surface area contributed by atoms with Gasteiger partial charge in [-0.1, -0.05) is 24.3 Å². The second kappa shape index (κ2) is 7.55. The Balaban J connectivity index is 1.66. The predicted octanol–water partition coefficient (Wildman–Crippen LogP) is 4.64. The summed E-state index contributed by atoms with van der Waals surface area (Å²) in [5, 5.41) is 10.5. The molecule has 0 fully saturated rings. The number of thiocarbonyl (C=S) groups is 1. The lowest BCUT2D eigenvalue weighted by molar-refractivity contribution is 0.632. The van der Waals surface area contributed by atoms with Gasteiger partial charge in [-0.3, -0.25) is 4.68 Å². The Morgan fingerprint density at radius 1 is 1.17 bits per heavy atom. The van der Waals surface area contributed by atoms with Gasteiger partial charge in [-0.15, -0.1) is 0 Å². The summed E-state index contributed by atoms with van der Waals surface area (Å²) < 4.78 is 16.4. The van der Waals surface area contributed by atoms with Crippen LogP contribution < -0.4 is 10.6 Å². The van der Waals surface area contributed by atoms with E-state index in [4.69, 9.17) is 12.2 Å². The van der Waals surface area contributed by atoms with Crippen molar-refractivity contribution >= 4 is 44.6 Å². The number of halogens is 2. The number of hydrogen-bond acceptors (Lipinski definition) is 2. The third-order valence-corrected chi connectivity index (χ3v) is 3.87. The Kier molecular flexibility index (Phi) is 5.22. The molecule has 0 amide bonds. The standard InChI is InChI=1S/C17H14BrFN4S/c18-13-9-20-23(11-13)10-12-4-3-5-14(8-12)21-17(24)22-16-7-2-1-6-15(16)19/h1-9,11H,10H2,(H2,21,22,24). The van der Waals surface area contributed by atoms with Crippen molar-refractivity contribution in [2.24, 2.45) is 0 Å². The van der Waals surface area contributed by atoms with E-state index < -0.39 is 0 Å². The van der Waals surface area contributed by atoms with Gasteiger partial charge < -0.3 is 10.6 Å². The van der Waals surface area contributed by atoms with Crippen LogP contribution >= 0.6 is 28.1 Å². The van der Waals surface area contributed by atoms with Crippen LogP contribution in [-0.4, -0.2) is 14.9 Å². The highest BCUT2D eigenvalue weighted by atomic mass is 79.9. The molecule has 3 aromatic rings. The Hall–Kier alpha value is -2.25. The molecular weight excluding hydrogens is 391 g/mol. The Labute approximate surface area is 152 Å². The molecule has 1 heterocycles. The van der Waals surface area contributed by atoms with E-state index in [2.05, 4.69) is 31.7 Å². The summed E-state index contributed by atoms with van der Waals surface area (Å²) in [6.45, 7) is 0.647. The molecule has 0 aliphatic heterocycles. The highest BCUT2D eigenvalue weighted by Crippen LogP contribution is 2.16. The first-order valence-corrected chi connectivity index (χ1v) is 8.40. The Morgan fingerprint density at radius 2 is 2.00 bits per heavy atom. The van der Waals surface area contributed by atoms with Crippen LogP contribution in [0.4, 0.5) is 15.8 Å². The third-order valence-electron chi connectivity index (χ3n) is 3.25. The van der Waals surface area contributed by atoms with Gasteiger partial charge >= 0.3 is 0 Å². The number of benzene rings is 2. The van der Waals surface area contributed by atoms with Gasteiger partial charge in [0.05, 0.1) is 22.9 Å². The summed E-state index contributed by atoms with van der Waals surface area (Å²) in [5.74, 6) is -0.348. The second-order valence-corrected chi connectivity index (χ2v) is 6.44. The molecule has 0 unspecified atom stereocenters. The number of rotatable bonds is 4. The van der Waals surface area contributed by atoms with Crippen LogP contribution in [0.3, 0.4) is 0 Å². The van der Waals surface area contributed by atoms with Crippen molar-refractivity contribution in [1.29, 1.82) is 0 Å². The monoisotopic (exact) mass is 404 g/mol. The first kappa shape index (κ1) is 16.6. The number of anilines is 2. The summed E-state index contributed by atoms with van der Waals surface area (Å²) >= 11 is 8.62. The van der Waals surface area contributed by atoms with Crippen LogP contribution in [-0.2, 0) is 6.54 Å². The SMILES string of the molecule is Fc1ccccc1NC(=S)Nc1cccc(Cn2cc(Br)cn2)c1. The van der Waals surface area contributed by atoms with E-state index in [9.17, 15) is 4.39 Å². The lowest BCUT2D eigenvalue weighted by Crippen LogP contribution is -2.19. The molecule has 3 rings (SSSR count). The lowest BCUT2D eigenvalue weighted by atomic mass is 10.2. The molecule has 4 nitrogen and oxygen atoms in total. The molecule has 7 heteroatoms. The summed E-state index contributed by atoms with van der Waals surface area (Å²) in [7, 11) is 0. The minimum atomic E-state index is -0.348. The summed E-state index contributed by atoms with van der Waals surface area (Å²) in [6, 6.07) is 14.2. The van der Waals surface area contributed by atoms with Crippen molar-refractivity contribution in [1.82, 2.24) is 9.78 Å². The fourth-order valence-corrected chi connectivity index (χ4v) is 2.76. The fourth-order valence-electron chi connectivity index (χ4n) is 2.21. The van der Waals surface area contributed by atoms with Gasteiger partial charge in [0.25, 0.3) is 0 Å². The first-order valence-electron chi connectivity index (χ1n) is 7.19. The first-order chi connectivity index (χ1) is 11.6. The van der Waals surface area contributed by atoms with E-state index in [1.807, 2.05) is 35.1 Å². The number of para-hydroxylation sites is 1. The molecule has 24 heavy (non-hydrogen) atoms. The molecule has 0 radical (unpaired) electrons. The van der Waals surface area contributed by atoms with Crippen LogP contribution in [0.2, 0.25) is 0 Å². The Bertz CT molecular complexity index is 865. The van der Waals surface area contributed by atoms with E-state index in [1.165, 1.54) is 6.07 Å². The van der Waals surface area contributed by atoms with Gasteiger partial charge in [0.2, 0.25) is 0 Å². The average molecular weight is 405 g/mol. The molecule has 0 aliphatic carbocycles. The van der Waals surface area contributed by atoms with Crippen molar-refractivity contribution in [2.75, 3.05) is 10.6 Å². The molecule has 0 aliphatic rings. The molecule has 0 saturated carbocycles. The molecule has 2 N–H and O–H groups in total. The third kappa shape index (κ3) is 4.39. The van der Waals surface area contributed by atoms with Crippen molar-refractivity contribution in [3.05, 3.63) is 76.8 Å². The summed E-state index contributed by atoms with van der Waals surface area (Å²) in [5.41, 5.74) is 2.24. The zero-order chi connectivity index (χ0) is 16.9. The molecular formula is C17H14BrFN4S. The summed E-state index contributed by atoms with van der Waals surface area (Å²) in [4.78, 5) is 0. The van der Waals surface area contributed by atoms with Crippen molar-refractivity contribution in [3.63, 3.8) is 0 Å². The Morgan fingerprint density at radius 3 is 2.75 bits per heavy atom. The minimum Gasteiger partial charge on any atom is -0.332 e. The molecule has 0 saturated heterocycles. The highest BCUT2D eigenvalue weighted by Gasteiger charge is 2.04. The zero-order valence-corrected chi connectivity index (χ0v) is 14.9. The van der Waals surface area contributed by atoms with Gasteiger partial charge in [0, 0.05) is 11.9 Å². The van der Waals surface area contributed by atoms with Crippen LogP contribution in [0.1, 0.15) is 5.56 Å². The van der Waals surface area contributed by atoms with Gasteiger partial charge in [0.1, 0.15) is 5.82 Å². The maximum atomic E-state index is 13.6.